The largest absolute Gasteiger partial charge is 0.493 e. The molecule has 1 aromatic heterocycles. The molecule has 0 atom stereocenters. The minimum Gasteiger partial charge on any atom is -0.493 e. The van der Waals surface area contributed by atoms with Gasteiger partial charge in [0.1, 0.15) is 5.82 Å². The summed E-state index contributed by atoms with van der Waals surface area (Å²) in [6.45, 7) is 8.13. The summed E-state index contributed by atoms with van der Waals surface area (Å²) in [6, 6.07) is 3.43. The molecule has 0 saturated carbocycles. The number of piperazine rings is 1. The molecule has 7 nitrogen and oxygen atoms in total. The SMILES string of the molecule is CCCN1CCN(Cc2nc3cc(OC)c(OC)cc3c(=O)[nH]2)CC1. The fraction of sp³-hybridized carbons (Fsp3) is 0.556. The van der Waals surface area contributed by atoms with Gasteiger partial charge < -0.3 is 19.4 Å². The van der Waals surface area contributed by atoms with Gasteiger partial charge in [0.15, 0.2) is 11.5 Å². The third kappa shape index (κ3) is 3.93. The summed E-state index contributed by atoms with van der Waals surface area (Å²) in [7, 11) is 3.13. The van der Waals surface area contributed by atoms with Crippen LogP contribution in [0.5, 0.6) is 11.5 Å². The number of hydrogen-bond acceptors (Lipinski definition) is 6. The van der Waals surface area contributed by atoms with E-state index in [4.69, 9.17) is 9.47 Å². The molecule has 0 amide bonds. The van der Waals surface area contributed by atoms with Gasteiger partial charge in [-0.25, -0.2) is 4.98 Å². The lowest BCUT2D eigenvalue weighted by atomic mass is 10.2. The van der Waals surface area contributed by atoms with Gasteiger partial charge in [0, 0.05) is 32.2 Å². The van der Waals surface area contributed by atoms with Gasteiger partial charge >= 0.3 is 0 Å². The van der Waals surface area contributed by atoms with Crippen LogP contribution >= 0.6 is 0 Å². The van der Waals surface area contributed by atoms with E-state index < -0.39 is 0 Å². The maximum absolute atomic E-state index is 12.4. The first-order valence-corrected chi connectivity index (χ1v) is 8.74. The van der Waals surface area contributed by atoms with Gasteiger partial charge in [-0.05, 0) is 19.0 Å². The summed E-state index contributed by atoms with van der Waals surface area (Å²) in [5.74, 6) is 1.79. The van der Waals surface area contributed by atoms with Crippen LogP contribution in [-0.4, -0.2) is 66.7 Å². The zero-order chi connectivity index (χ0) is 17.8. The number of H-pyrrole nitrogens is 1. The third-order valence-corrected chi connectivity index (χ3v) is 4.64. The Morgan fingerprint density at radius 2 is 1.72 bits per heavy atom. The maximum Gasteiger partial charge on any atom is 0.258 e. The number of nitrogens with one attached hydrogen (secondary N) is 1. The van der Waals surface area contributed by atoms with Gasteiger partial charge in [0.2, 0.25) is 0 Å². The van der Waals surface area contributed by atoms with E-state index in [1.807, 2.05) is 0 Å². The Labute approximate surface area is 147 Å². The first-order valence-electron chi connectivity index (χ1n) is 8.74. The van der Waals surface area contributed by atoms with Gasteiger partial charge in [0.25, 0.3) is 5.56 Å². The summed E-state index contributed by atoms with van der Waals surface area (Å²) in [5, 5.41) is 0.508. The molecule has 2 aromatic rings. The molecule has 1 saturated heterocycles. The second-order valence-corrected chi connectivity index (χ2v) is 6.35. The van der Waals surface area contributed by atoms with Gasteiger partial charge in [-0.1, -0.05) is 6.92 Å². The van der Waals surface area contributed by atoms with Crippen LogP contribution < -0.4 is 15.0 Å². The maximum atomic E-state index is 12.4. The number of aromatic nitrogens is 2. The Morgan fingerprint density at radius 3 is 2.36 bits per heavy atom. The topological polar surface area (TPSA) is 70.7 Å². The van der Waals surface area contributed by atoms with Crippen molar-refractivity contribution in [3.63, 3.8) is 0 Å². The van der Waals surface area contributed by atoms with E-state index in [2.05, 4.69) is 26.7 Å². The van der Waals surface area contributed by atoms with Crippen molar-refractivity contribution in [3.8, 4) is 11.5 Å². The molecule has 0 spiro atoms. The van der Waals surface area contributed by atoms with Gasteiger partial charge in [0.05, 0.1) is 31.7 Å². The van der Waals surface area contributed by atoms with Crippen LogP contribution in [0.25, 0.3) is 10.9 Å². The van der Waals surface area contributed by atoms with E-state index in [1.165, 1.54) is 6.42 Å². The van der Waals surface area contributed by atoms with Crippen molar-refractivity contribution in [1.29, 1.82) is 0 Å². The zero-order valence-electron chi connectivity index (χ0n) is 15.2. The Hall–Kier alpha value is -2.12. The highest BCUT2D eigenvalue weighted by molar-refractivity contribution is 5.81. The molecule has 25 heavy (non-hydrogen) atoms. The van der Waals surface area contributed by atoms with Crippen molar-refractivity contribution < 1.29 is 9.47 Å². The highest BCUT2D eigenvalue weighted by Gasteiger charge is 2.18. The average Bonchev–Trinajstić information content (AvgIpc) is 2.62. The van der Waals surface area contributed by atoms with Gasteiger partial charge in [-0.3, -0.25) is 9.69 Å². The Kier molecular flexibility index (Phi) is 5.55. The molecule has 2 heterocycles. The molecule has 1 N–H and O–H groups in total. The zero-order valence-corrected chi connectivity index (χ0v) is 15.2. The van der Waals surface area contributed by atoms with E-state index in [0.717, 1.165) is 32.7 Å². The molecular formula is C18H26N4O3. The molecule has 1 aliphatic rings. The summed E-state index contributed by atoms with van der Waals surface area (Å²) in [6.07, 6.45) is 1.19. The molecule has 0 aliphatic carbocycles. The van der Waals surface area contributed by atoms with Crippen molar-refractivity contribution in [2.75, 3.05) is 46.9 Å². The normalized spacial score (nSPS) is 16.3. The fourth-order valence-corrected chi connectivity index (χ4v) is 3.29. The molecule has 1 fully saturated rings. The number of aromatic amines is 1. The van der Waals surface area contributed by atoms with E-state index in [9.17, 15) is 4.79 Å². The van der Waals surface area contributed by atoms with E-state index in [-0.39, 0.29) is 5.56 Å². The van der Waals surface area contributed by atoms with Crippen molar-refractivity contribution >= 4 is 10.9 Å². The number of methoxy groups -OCH3 is 2. The lowest BCUT2D eigenvalue weighted by Crippen LogP contribution is -2.46. The molecule has 0 unspecified atom stereocenters. The second kappa shape index (κ2) is 7.84. The molecule has 0 bridgehead atoms. The fourth-order valence-electron chi connectivity index (χ4n) is 3.29. The van der Waals surface area contributed by atoms with Crippen molar-refractivity contribution in [2.45, 2.75) is 19.9 Å². The number of nitrogens with zero attached hydrogens (tertiary/aromatic N) is 3. The number of fused-ring (bicyclic) bond motifs is 1. The van der Waals surface area contributed by atoms with Crippen LogP contribution in [0.3, 0.4) is 0 Å². The summed E-state index contributed by atoms with van der Waals surface area (Å²) in [4.78, 5) is 24.8. The first kappa shape index (κ1) is 17.7. The van der Waals surface area contributed by atoms with Crippen molar-refractivity contribution in [2.24, 2.45) is 0 Å². The summed E-state index contributed by atoms with van der Waals surface area (Å²) >= 11 is 0. The van der Waals surface area contributed by atoms with Crippen molar-refractivity contribution in [1.82, 2.24) is 19.8 Å². The Bertz CT molecular complexity index is 782. The average molecular weight is 346 g/mol. The van der Waals surface area contributed by atoms with Crippen LogP contribution in [0.2, 0.25) is 0 Å². The highest BCUT2D eigenvalue weighted by Crippen LogP contribution is 2.29. The monoisotopic (exact) mass is 346 g/mol. The molecule has 3 rings (SSSR count). The quantitative estimate of drug-likeness (QED) is 0.854. The smallest absolute Gasteiger partial charge is 0.258 e. The molecule has 1 aromatic carbocycles. The lowest BCUT2D eigenvalue weighted by molar-refractivity contribution is 0.125. The minimum atomic E-state index is -0.148. The molecular weight excluding hydrogens is 320 g/mol. The van der Waals surface area contributed by atoms with Crippen LogP contribution in [0.15, 0.2) is 16.9 Å². The molecule has 7 heteroatoms. The van der Waals surface area contributed by atoms with Crippen LogP contribution in [0.4, 0.5) is 0 Å². The van der Waals surface area contributed by atoms with Gasteiger partial charge in [-0.15, -0.1) is 0 Å². The van der Waals surface area contributed by atoms with E-state index >= 15 is 0 Å². The Morgan fingerprint density at radius 1 is 1.08 bits per heavy atom. The number of rotatable bonds is 6. The third-order valence-electron chi connectivity index (χ3n) is 4.64. The molecule has 136 valence electrons. The standard InChI is InChI=1S/C18H26N4O3/c1-4-5-21-6-8-22(9-7-21)12-17-19-14-11-16(25-3)15(24-2)10-13(14)18(23)20-17/h10-11H,4-9,12H2,1-3H3,(H,19,20,23). The number of ether oxygens (including phenoxy) is 2. The second-order valence-electron chi connectivity index (χ2n) is 6.35. The molecule has 0 radical (unpaired) electrons. The van der Waals surface area contributed by atoms with Crippen LogP contribution in [-0.2, 0) is 6.54 Å². The summed E-state index contributed by atoms with van der Waals surface area (Å²) in [5.41, 5.74) is 0.478. The Balaban J connectivity index is 1.80. The van der Waals surface area contributed by atoms with E-state index in [0.29, 0.717) is 34.8 Å². The number of benzene rings is 1. The summed E-state index contributed by atoms with van der Waals surface area (Å²) < 4.78 is 10.6. The first-order chi connectivity index (χ1) is 12.1. The highest BCUT2D eigenvalue weighted by atomic mass is 16.5. The van der Waals surface area contributed by atoms with Crippen LogP contribution in [0, 0.1) is 0 Å². The minimum absolute atomic E-state index is 0.148. The predicted octanol–water partition coefficient (Wildman–Crippen LogP) is 1.47. The lowest BCUT2D eigenvalue weighted by Gasteiger charge is -2.34. The predicted molar refractivity (Wildman–Crippen MR) is 97.5 cm³/mol. The number of hydrogen-bond donors (Lipinski definition) is 1. The van der Waals surface area contributed by atoms with Crippen LogP contribution in [0.1, 0.15) is 19.2 Å². The van der Waals surface area contributed by atoms with E-state index in [1.54, 1.807) is 26.4 Å². The van der Waals surface area contributed by atoms with Gasteiger partial charge in [-0.2, -0.15) is 0 Å². The molecule has 1 aliphatic heterocycles. The van der Waals surface area contributed by atoms with Crippen molar-refractivity contribution in [3.05, 3.63) is 28.3 Å².